The lowest BCUT2D eigenvalue weighted by Gasteiger charge is -2.24. The Morgan fingerprint density at radius 2 is 2.18 bits per heavy atom. The predicted octanol–water partition coefficient (Wildman–Crippen LogP) is 1.45. The van der Waals surface area contributed by atoms with Gasteiger partial charge in [0.15, 0.2) is 5.69 Å². The number of nitriles is 1. The standard InChI is InChI=1S/C14H15N7O/c1-21(14-3-2-4-22-14)13-5-11(18-9-19-13)20-12-8-16-10(6-15)7-17-12/h5,7-9,14H,2-4H2,1H3,(H,17,18,19,20)/t14-/m1/s1. The van der Waals surface area contributed by atoms with Crippen LogP contribution in [-0.4, -0.2) is 39.8 Å². The number of hydrogen-bond donors (Lipinski definition) is 1. The molecule has 0 radical (unpaired) electrons. The first kappa shape index (κ1) is 14.2. The average Bonchev–Trinajstić information content (AvgIpc) is 3.09. The molecule has 0 aliphatic carbocycles. The predicted molar refractivity (Wildman–Crippen MR) is 79.4 cm³/mol. The molecule has 112 valence electrons. The molecule has 3 rings (SSSR count). The molecule has 2 aromatic heterocycles. The van der Waals surface area contributed by atoms with Gasteiger partial charge in [0.05, 0.1) is 12.4 Å². The topological polar surface area (TPSA) is 99.9 Å². The van der Waals surface area contributed by atoms with Crippen molar-refractivity contribution in [3.8, 4) is 6.07 Å². The second-order valence-corrected chi connectivity index (χ2v) is 4.86. The molecule has 0 aromatic carbocycles. The summed E-state index contributed by atoms with van der Waals surface area (Å²) in [5.41, 5.74) is 0.270. The first-order valence-electron chi connectivity index (χ1n) is 6.92. The maximum atomic E-state index is 8.71. The first-order valence-corrected chi connectivity index (χ1v) is 6.92. The fourth-order valence-corrected chi connectivity index (χ4v) is 2.20. The van der Waals surface area contributed by atoms with Gasteiger partial charge in [0, 0.05) is 19.7 Å². The molecule has 2 aromatic rings. The van der Waals surface area contributed by atoms with Gasteiger partial charge in [0.1, 0.15) is 36.1 Å². The van der Waals surface area contributed by atoms with E-state index < -0.39 is 0 Å². The minimum absolute atomic E-state index is 0.0532. The van der Waals surface area contributed by atoms with Crippen LogP contribution in [0.25, 0.3) is 0 Å². The van der Waals surface area contributed by atoms with Gasteiger partial charge in [-0.1, -0.05) is 0 Å². The minimum atomic E-state index is 0.0532. The summed E-state index contributed by atoms with van der Waals surface area (Å²) in [5, 5.41) is 11.7. The van der Waals surface area contributed by atoms with Gasteiger partial charge in [-0.05, 0) is 12.8 Å². The van der Waals surface area contributed by atoms with Gasteiger partial charge >= 0.3 is 0 Å². The maximum Gasteiger partial charge on any atom is 0.158 e. The van der Waals surface area contributed by atoms with Crippen molar-refractivity contribution in [1.29, 1.82) is 5.26 Å². The SMILES string of the molecule is CN(c1cc(Nc2cnc(C#N)cn2)ncn1)[C@H]1CCCO1. The maximum absolute atomic E-state index is 8.71. The van der Waals surface area contributed by atoms with Gasteiger partial charge < -0.3 is 15.0 Å². The van der Waals surface area contributed by atoms with Crippen LogP contribution in [0.4, 0.5) is 17.5 Å². The van der Waals surface area contributed by atoms with E-state index in [2.05, 4.69) is 25.3 Å². The fraction of sp³-hybridized carbons (Fsp3) is 0.357. The van der Waals surface area contributed by atoms with Gasteiger partial charge in [-0.25, -0.2) is 19.9 Å². The van der Waals surface area contributed by atoms with E-state index in [-0.39, 0.29) is 11.9 Å². The molecule has 8 nitrogen and oxygen atoms in total. The Balaban J connectivity index is 1.74. The molecule has 0 amide bonds. The van der Waals surface area contributed by atoms with Crippen molar-refractivity contribution in [1.82, 2.24) is 19.9 Å². The molecule has 1 aliphatic rings. The summed E-state index contributed by atoms with van der Waals surface area (Å²) in [6, 6.07) is 3.75. The van der Waals surface area contributed by atoms with Crippen molar-refractivity contribution in [2.24, 2.45) is 0 Å². The van der Waals surface area contributed by atoms with E-state index in [0.717, 1.165) is 25.3 Å². The van der Waals surface area contributed by atoms with E-state index in [1.54, 1.807) is 0 Å². The van der Waals surface area contributed by atoms with Gasteiger partial charge in [0.25, 0.3) is 0 Å². The third-order valence-corrected chi connectivity index (χ3v) is 3.37. The van der Waals surface area contributed by atoms with Crippen LogP contribution in [0, 0.1) is 11.3 Å². The van der Waals surface area contributed by atoms with Crippen molar-refractivity contribution in [2.45, 2.75) is 19.1 Å². The quantitative estimate of drug-likeness (QED) is 0.905. The number of rotatable bonds is 4. The highest BCUT2D eigenvalue weighted by atomic mass is 16.5. The van der Waals surface area contributed by atoms with Crippen LogP contribution in [0.15, 0.2) is 24.8 Å². The molecular weight excluding hydrogens is 282 g/mol. The number of aromatic nitrogens is 4. The lowest BCUT2D eigenvalue weighted by atomic mass is 10.3. The van der Waals surface area contributed by atoms with Gasteiger partial charge in [-0.3, -0.25) is 0 Å². The lowest BCUT2D eigenvalue weighted by molar-refractivity contribution is 0.111. The Kier molecular flexibility index (Phi) is 4.07. The number of nitrogens with one attached hydrogen (secondary N) is 1. The smallest absolute Gasteiger partial charge is 0.158 e. The molecule has 0 bridgehead atoms. The van der Waals surface area contributed by atoms with Gasteiger partial charge in [-0.2, -0.15) is 5.26 Å². The minimum Gasteiger partial charge on any atom is -0.358 e. The van der Waals surface area contributed by atoms with Crippen LogP contribution >= 0.6 is 0 Å². The number of hydrogen-bond acceptors (Lipinski definition) is 8. The first-order chi connectivity index (χ1) is 10.8. The second kappa shape index (κ2) is 6.32. The van der Waals surface area contributed by atoms with E-state index in [1.165, 1.54) is 18.7 Å². The second-order valence-electron chi connectivity index (χ2n) is 4.86. The Bertz CT molecular complexity index is 676. The summed E-state index contributed by atoms with van der Waals surface area (Å²) in [5.74, 6) is 1.89. The fourth-order valence-electron chi connectivity index (χ4n) is 2.20. The van der Waals surface area contributed by atoms with Crippen molar-refractivity contribution >= 4 is 17.5 Å². The third-order valence-electron chi connectivity index (χ3n) is 3.37. The zero-order valence-corrected chi connectivity index (χ0v) is 12.1. The highest BCUT2D eigenvalue weighted by Gasteiger charge is 2.21. The molecule has 1 saturated heterocycles. The van der Waals surface area contributed by atoms with E-state index >= 15 is 0 Å². The van der Waals surface area contributed by atoms with Crippen LogP contribution in [-0.2, 0) is 4.74 Å². The number of anilines is 3. The molecule has 0 unspecified atom stereocenters. The van der Waals surface area contributed by atoms with Crippen molar-refractivity contribution < 1.29 is 4.74 Å². The number of ether oxygens (including phenoxy) is 1. The molecule has 22 heavy (non-hydrogen) atoms. The Morgan fingerprint density at radius 1 is 1.27 bits per heavy atom. The average molecular weight is 297 g/mol. The molecule has 0 saturated carbocycles. The highest BCUT2D eigenvalue weighted by molar-refractivity contribution is 5.55. The summed E-state index contributed by atoms with van der Waals surface area (Å²) in [6.07, 6.45) is 6.49. The Hall–Kier alpha value is -2.79. The number of nitrogens with zero attached hydrogens (tertiary/aromatic N) is 6. The van der Waals surface area contributed by atoms with Gasteiger partial charge in [0.2, 0.25) is 0 Å². The molecular formula is C14H15N7O. The van der Waals surface area contributed by atoms with Gasteiger partial charge in [-0.15, -0.1) is 0 Å². The normalized spacial score (nSPS) is 17.0. The molecule has 1 fully saturated rings. The zero-order valence-electron chi connectivity index (χ0n) is 12.1. The van der Waals surface area contributed by atoms with E-state index in [9.17, 15) is 0 Å². The summed E-state index contributed by atoms with van der Waals surface area (Å²) < 4.78 is 5.64. The van der Waals surface area contributed by atoms with E-state index in [0.29, 0.717) is 11.6 Å². The van der Waals surface area contributed by atoms with E-state index in [1.807, 2.05) is 24.1 Å². The monoisotopic (exact) mass is 297 g/mol. The third kappa shape index (κ3) is 3.10. The van der Waals surface area contributed by atoms with Crippen molar-refractivity contribution in [3.05, 3.63) is 30.5 Å². The van der Waals surface area contributed by atoms with Crippen LogP contribution in [0.5, 0.6) is 0 Å². The Morgan fingerprint density at radius 3 is 2.86 bits per heavy atom. The highest BCUT2D eigenvalue weighted by Crippen LogP contribution is 2.22. The molecule has 1 N–H and O–H groups in total. The largest absolute Gasteiger partial charge is 0.358 e. The van der Waals surface area contributed by atoms with Crippen LogP contribution < -0.4 is 10.2 Å². The summed E-state index contributed by atoms with van der Waals surface area (Å²) in [7, 11) is 1.95. The summed E-state index contributed by atoms with van der Waals surface area (Å²) >= 11 is 0. The molecule has 1 aliphatic heterocycles. The summed E-state index contributed by atoms with van der Waals surface area (Å²) in [4.78, 5) is 18.5. The van der Waals surface area contributed by atoms with Crippen molar-refractivity contribution in [2.75, 3.05) is 23.9 Å². The Labute approximate surface area is 127 Å². The van der Waals surface area contributed by atoms with Crippen LogP contribution in [0.3, 0.4) is 0 Å². The zero-order chi connectivity index (χ0) is 15.4. The molecule has 0 spiro atoms. The molecule has 3 heterocycles. The molecule has 8 heteroatoms. The van der Waals surface area contributed by atoms with Crippen LogP contribution in [0.2, 0.25) is 0 Å². The van der Waals surface area contributed by atoms with Crippen LogP contribution in [0.1, 0.15) is 18.5 Å². The molecule has 1 atom stereocenters. The van der Waals surface area contributed by atoms with E-state index in [4.69, 9.17) is 10.00 Å². The summed E-state index contributed by atoms with van der Waals surface area (Å²) in [6.45, 7) is 0.784. The van der Waals surface area contributed by atoms with Crippen molar-refractivity contribution in [3.63, 3.8) is 0 Å². The lowest BCUT2D eigenvalue weighted by Crippen LogP contribution is -2.31.